The number of carbonyl (C=O) groups is 2. The van der Waals surface area contributed by atoms with Gasteiger partial charge in [0.05, 0.1) is 7.11 Å². The standard InChI is InChI=1S/C17H25N3O4/c1-17(2)10-20(7-6-14(17)18)16(22)11-4-5-12(13(8-11)23-3)24-9-15(19)21/h4-5,8,14H,6-7,9-10,18H2,1-3H3,(H2,19,21). The summed E-state index contributed by atoms with van der Waals surface area (Å²) in [4.78, 5) is 25.4. The van der Waals surface area contributed by atoms with Crippen LogP contribution < -0.4 is 20.9 Å². The minimum Gasteiger partial charge on any atom is -0.493 e. The van der Waals surface area contributed by atoms with Crippen molar-refractivity contribution in [2.45, 2.75) is 26.3 Å². The number of rotatable bonds is 5. The number of hydrogen-bond acceptors (Lipinski definition) is 5. The molecule has 0 aromatic heterocycles. The average molecular weight is 335 g/mol. The Morgan fingerprint density at radius 1 is 1.33 bits per heavy atom. The summed E-state index contributed by atoms with van der Waals surface area (Å²) in [6, 6.07) is 4.96. The Morgan fingerprint density at radius 2 is 2.04 bits per heavy atom. The number of carbonyl (C=O) groups excluding carboxylic acids is 2. The van der Waals surface area contributed by atoms with Crippen LogP contribution in [0.15, 0.2) is 18.2 Å². The van der Waals surface area contributed by atoms with Gasteiger partial charge in [-0.2, -0.15) is 0 Å². The van der Waals surface area contributed by atoms with Gasteiger partial charge in [-0.15, -0.1) is 0 Å². The number of hydrogen-bond donors (Lipinski definition) is 2. The van der Waals surface area contributed by atoms with Crippen molar-refractivity contribution in [2.75, 3.05) is 26.8 Å². The molecule has 1 fully saturated rings. The normalized spacial score (nSPS) is 19.7. The van der Waals surface area contributed by atoms with Crippen LogP contribution in [0, 0.1) is 5.41 Å². The fourth-order valence-electron chi connectivity index (χ4n) is 2.80. The number of primary amides is 1. The largest absolute Gasteiger partial charge is 0.493 e. The van der Waals surface area contributed by atoms with E-state index in [2.05, 4.69) is 13.8 Å². The molecule has 4 N–H and O–H groups in total. The van der Waals surface area contributed by atoms with E-state index in [1.807, 2.05) is 4.90 Å². The van der Waals surface area contributed by atoms with Gasteiger partial charge in [0.25, 0.3) is 11.8 Å². The first-order chi connectivity index (χ1) is 11.2. The number of ether oxygens (including phenoxy) is 2. The molecular formula is C17H25N3O4. The van der Waals surface area contributed by atoms with Gasteiger partial charge in [-0.3, -0.25) is 9.59 Å². The van der Waals surface area contributed by atoms with Crippen molar-refractivity contribution in [3.05, 3.63) is 23.8 Å². The molecule has 1 aliphatic heterocycles. The highest BCUT2D eigenvalue weighted by atomic mass is 16.5. The van der Waals surface area contributed by atoms with Crippen LogP contribution in [-0.2, 0) is 4.79 Å². The summed E-state index contributed by atoms with van der Waals surface area (Å²) in [5.41, 5.74) is 11.6. The van der Waals surface area contributed by atoms with Crippen LogP contribution in [0.25, 0.3) is 0 Å². The fraction of sp³-hybridized carbons (Fsp3) is 0.529. The van der Waals surface area contributed by atoms with E-state index in [9.17, 15) is 9.59 Å². The molecule has 24 heavy (non-hydrogen) atoms. The van der Waals surface area contributed by atoms with Crippen molar-refractivity contribution in [2.24, 2.45) is 16.9 Å². The molecule has 0 radical (unpaired) electrons. The Kier molecular flexibility index (Phi) is 5.33. The molecule has 1 atom stereocenters. The van der Waals surface area contributed by atoms with Crippen molar-refractivity contribution < 1.29 is 19.1 Å². The van der Waals surface area contributed by atoms with E-state index in [4.69, 9.17) is 20.9 Å². The molecule has 1 aliphatic rings. The van der Waals surface area contributed by atoms with Gasteiger partial charge in [0.1, 0.15) is 0 Å². The van der Waals surface area contributed by atoms with E-state index in [1.165, 1.54) is 7.11 Å². The van der Waals surface area contributed by atoms with Gasteiger partial charge in [0, 0.05) is 24.7 Å². The fourth-order valence-corrected chi connectivity index (χ4v) is 2.80. The lowest BCUT2D eigenvalue weighted by Gasteiger charge is -2.42. The number of amides is 2. The maximum absolute atomic E-state index is 12.8. The number of likely N-dealkylation sites (tertiary alicyclic amines) is 1. The van der Waals surface area contributed by atoms with E-state index < -0.39 is 5.91 Å². The van der Waals surface area contributed by atoms with E-state index in [1.54, 1.807) is 18.2 Å². The van der Waals surface area contributed by atoms with Gasteiger partial charge >= 0.3 is 0 Å². The molecule has 2 amide bonds. The van der Waals surface area contributed by atoms with E-state index >= 15 is 0 Å². The molecule has 132 valence electrons. The SMILES string of the molecule is COc1cc(C(=O)N2CCC(N)C(C)(C)C2)ccc1OCC(N)=O. The van der Waals surface area contributed by atoms with Crippen molar-refractivity contribution in [1.82, 2.24) is 4.90 Å². The third kappa shape index (κ3) is 3.97. The smallest absolute Gasteiger partial charge is 0.255 e. The lowest BCUT2D eigenvalue weighted by Crippen LogP contribution is -2.54. The average Bonchev–Trinajstić information content (AvgIpc) is 2.54. The second-order valence-electron chi connectivity index (χ2n) is 6.73. The van der Waals surface area contributed by atoms with Gasteiger partial charge in [-0.25, -0.2) is 0 Å². The van der Waals surface area contributed by atoms with E-state index in [0.29, 0.717) is 30.2 Å². The molecule has 1 aromatic carbocycles. The van der Waals surface area contributed by atoms with Gasteiger partial charge in [0.2, 0.25) is 0 Å². The molecule has 1 heterocycles. The molecule has 0 saturated carbocycles. The highest BCUT2D eigenvalue weighted by molar-refractivity contribution is 5.95. The van der Waals surface area contributed by atoms with Gasteiger partial charge in [-0.1, -0.05) is 13.8 Å². The van der Waals surface area contributed by atoms with Crippen molar-refractivity contribution in [3.8, 4) is 11.5 Å². The second-order valence-corrected chi connectivity index (χ2v) is 6.73. The molecule has 0 bridgehead atoms. The molecule has 0 spiro atoms. The van der Waals surface area contributed by atoms with Crippen LogP contribution in [0.5, 0.6) is 11.5 Å². The number of nitrogens with two attached hydrogens (primary N) is 2. The van der Waals surface area contributed by atoms with Crippen LogP contribution in [0.1, 0.15) is 30.6 Å². The monoisotopic (exact) mass is 335 g/mol. The minimum atomic E-state index is -0.580. The predicted octanol–water partition coefficient (Wildman–Crippen LogP) is 0.759. The first-order valence-corrected chi connectivity index (χ1v) is 7.88. The Bertz CT molecular complexity index is 630. The summed E-state index contributed by atoms with van der Waals surface area (Å²) in [7, 11) is 1.48. The van der Waals surface area contributed by atoms with Gasteiger partial charge in [-0.05, 0) is 30.0 Å². The molecule has 7 heteroatoms. The Labute approximate surface area is 141 Å². The molecule has 2 rings (SSSR count). The molecule has 1 saturated heterocycles. The van der Waals surface area contributed by atoms with Crippen molar-refractivity contribution >= 4 is 11.8 Å². The Balaban J connectivity index is 2.16. The lowest BCUT2D eigenvalue weighted by atomic mass is 9.79. The zero-order valence-electron chi connectivity index (χ0n) is 14.4. The highest BCUT2D eigenvalue weighted by Gasteiger charge is 2.35. The third-order valence-electron chi connectivity index (χ3n) is 4.38. The van der Waals surface area contributed by atoms with Crippen LogP contribution in [0.2, 0.25) is 0 Å². The van der Waals surface area contributed by atoms with Crippen molar-refractivity contribution in [3.63, 3.8) is 0 Å². The van der Waals surface area contributed by atoms with Gasteiger partial charge in [0.15, 0.2) is 18.1 Å². The quantitative estimate of drug-likeness (QED) is 0.826. The van der Waals surface area contributed by atoms with Crippen LogP contribution in [0.3, 0.4) is 0 Å². The summed E-state index contributed by atoms with van der Waals surface area (Å²) in [6.07, 6.45) is 0.773. The number of piperidine rings is 1. The highest BCUT2D eigenvalue weighted by Crippen LogP contribution is 2.31. The maximum atomic E-state index is 12.8. The summed E-state index contributed by atoms with van der Waals surface area (Å²) < 4.78 is 10.5. The van der Waals surface area contributed by atoms with Crippen molar-refractivity contribution in [1.29, 1.82) is 0 Å². The topological polar surface area (TPSA) is 108 Å². The predicted molar refractivity (Wildman–Crippen MR) is 90.0 cm³/mol. The Morgan fingerprint density at radius 3 is 2.62 bits per heavy atom. The van der Waals surface area contributed by atoms with Gasteiger partial charge < -0.3 is 25.8 Å². The summed E-state index contributed by atoms with van der Waals surface area (Å²) in [6.45, 7) is 5.12. The van der Waals surface area contributed by atoms with E-state index in [0.717, 1.165) is 6.42 Å². The maximum Gasteiger partial charge on any atom is 0.255 e. The first-order valence-electron chi connectivity index (χ1n) is 7.88. The minimum absolute atomic E-state index is 0.0743. The van der Waals surface area contributed by atoms with Crippen LogP contribution in [-0.4, -0.2) is 49.6 Å². The van der Waals surface area contributed by atoms with Crippen LogP contribution >= 0.6 is 0 Å². The van der Waals surface area contributed by atoms with E-state index in [-0.39, 0.29) is 24.0 Å². The molecule has 1 aromatic rings. The zero-order valence-corrected chi connectivity index (χ0v) is 14.4. The second kappa shape index (κ2) is 7.09. The lowest BCUT2D eigenvalue weighted by molar-refractivity contribution is -0.119. The molecule has 7 nitrogen and oxygen atoms in total. The summed E-state index contributed by atoms with van der Waals surface area (Å²) in [5, 5.41) is 0. The Hall–Kier alpha value is -2.28. The summed E-state index contributed by atoms with van der Waals surface area (Å²) >= 11 is 0. The van der Waals surface area contributed by atoms with Crippen LogP contribution in [0.4, 0.5) is 0 Å². The number of benzene rings is 1. The zero-order chi connectivity index (χ0) is 17.9. The number of methoxy groups -OCH3 is 1. The summed E-state index contributed by atoms with van der Waals surface area (Å²) in [5.74, 6) is 0.0998. The molecule has 1 unspecified atom stereocenters. The molecular weight excluding hydrogens is 310 g/mol. The first kappa shape index (κ1) is 18.1. The number of nitrogens with zero attached hydrogens (tertiary/aromatic N) is 1. The third-order valence-corrected chi connectivity index (χ3v) is 4.38. The molecule has 0 aliphatic carbocycles.